The molecule has 1 saturated heterocycles. The second kappa shape index (κ2) is 3.81. The molecule has 0 bridgehead atoms. The molecule has 1 aromatic carbocycles. The second-order valence-corrected chi connectivity index (χ2v) is 9.39. The average Bonchev–Trinajstić information content (AvgIpc) is 2.83. The number of rotatable bonds is 1. The predicted octanol–water partition coefficient (Wildman–Crippen LogP) is 4.01. The zero-order valence-corrected chi connectivity index (χ0v) is 11.8. The van der Waals surface area contributed by atoms with Gasteiger partial charge in [0.2, 0.25) is 0 Å². The van der Waals surface area contributed by atoms with Gasteiger partial charge in [-0.3, -0.25) is 0 Å². The standard InChI is InChI=1S/C15H21NS/c1-12-8-9-17(3,11-12)15-10-16(2)14-7-5-4-6-13(14)15/h4-7,10,12H,8-9,11H2,1-3H3. The third-order valence-corrected chi connectivity index (χ3v) is 7.93. The minimum absolute atomic E-state index is 0.558. The van der Waals surface area contributed by atoms with Gasteiger partial charge in [-0.25, -0.2) is 10.0 Å². The van der Waals surface area contributed by atoms with Crippen LogP contribution in [0, 0.1) is 5.92 Å². The molecule has 2 unspecified atom stereocenters. The normalized spacial score (nSPS) is 32.8. The van der Waals surface area contributed by atoms with Crippen molar-refractivity contribution in [1.82, 2.24) is 4.57 Å². The largest absolute Gasteiger partial charge is 0.349 e. The maximum Gasteiger partial charge on any atom is 0.0488 e. The monoisotopic (exact) mass is 247 g/mol. The lowest BCUT2D eigenvalue weighted by atomic mass is 10.2. The summed E-state index contributed by atoms with van der Waals surface area (Å²) in [7, 11) is 1.62. The molecule has 1 nitrogen and oxygen atoms in total. The molecule has 0 amide bonds. The molecule has 0 radical (unpaired) electrons. The molecule has 3 rings (SSSR count). The van der Waals surface area contributed by atoms with E-state index in [4.69, 9.17) is 0 Å². The number of hydrogen-bond donors (Lipinski definition) is 0. The zero-order valence-electron chi connectivity index (χ0n) is 10.9. The first-order valence-electron chi connectivity index (χ1n) is 6.38. The van der Waals surface area contributed by atoms with E-state index in [0.29, 0.717) is 0 Å². The van der Waals surface area contributed by atoms with Gasteiger partial charge in [0.15, 0.2) is 0 Å². The van der Waals surface area contributed by atoms with Crippen LogP contribution in [0.4, 0.5) is 0 Å². The van der Waals surface area contributed by atoms with Crippen LogP contribution in [-0.4, -0.2) is 22.3 Å². The van der Waals surface area contributed by atoms with Gasteiger partial charge in [-0.15, -0.1) is 0 Å². The highest BCUT2D eigenvalue weighted by Gasteiger charge is 2.32. The van der Waals surface area contributed by atoms with Gasteiger partial charge < -0.3 is 4.57 Å². The van der Waals surface area contributed by atoms with E-state index < -0.39 is 10.0 Å². The topological polar surface area (TPSA) is 4.93 Å². The smallest absolute Gasteiger partial charge is 0.0488 e. The molecular formula is C15H21NS. The number of nitrogens with zero attached hydrogens (tertiary/aromatic N) is 1. The van der Waals surface area contributed by atoms with Crippen molar-refractivity contribution in [2.45, 2.75) is 18.2 Å². The summed E-state index contributed by atoms with van der Waals surface area (Å²) in [4.78, 5) is 1.64. The highest BCUT2D eigenvalue weighted by molar-refractivity contribution is 8.33. The van der Waals surface area contributed by atoms with Crippen molar-refractivity contribution < 1.29 is 0 Å². The summed E-state index contributed by atoms with van der Waals surface area (Å²) in [6.45, 7) is 2.41. The first-order chi connectivity index (χ1) is 8.10. The minimum atomic E-state index is -0.558. The molecule has 17 heavy (non-hydrogen) atoms. The molecule has 2 heteroatoms. The summed E-state index contributed by atoms with van der Waals surface area (Å²) in [5, 5.41) is 1.49. The molecule has 2 atom stereocenters. The van der Waals surface area contributed by atoms with Crippen molar-refractivity contribution in [2.24, 2.45) is 13.0 Å². The maximum atomic E-state index is 2.53. The number of fused-ring (bicyclic) bond motifs is 1. The van der Waals surface area contributed by atoms with Gasteiger partial charge in [-0.05, 0) is 36.2 Å². The fourth-order valence-electron chi connectivity index (χ4n) is 3.15. The van der Waals surface area contributed by atoms with E-state index in [2.05, 4.69) is 55.3 Å². The molecule has 0 aliphatic carbocycles. The van der Waals surface area contributed by atoms with Crippen LogP contribution in [0.5, 0.6) is 0 Å². The first-order valence-corrected chi connectivity index (χ1v) is 8.76. The number of aromatic nitrogens is 1. The number of para-hydroxylation sites is 1. The number of hydrogen-bond acceptors (Lipinski definition) is 0. The highest BCUT2D eigenvalue weighted by atomic mass is 32.3. The van der Waals surface area contributed by atoms with Crippen LogP contribution in [0.3, 0.4) is 0 Å². The van der Waals surface area contributed by atoms with Crippen molar-refractivity contribution in [3.63, 3.8) is 0 Å². The first kappa shape index (κ1) is 11.2. The Morgan fingerprint density at radius 2 is 2.06 bits per heavy atom. The highest BCUT2D eigenvalue weighted by Crippen LogP contribution is 2.61. The molecule has 92 valence electrons. The van der Waals surface area contributed by atoms with Gasteiger partial charge in [0, 0.05) is 29.0 Å². The van der Waals surface area contributed by atoms with E-state index >= 15 is 0 Å². The molecular weight excluding hydrogens is 226 g/mol. The lowest BCUT2D eigenvalue weighted by Gasteiger charge is -2.30. The number of aryl methyl sites for hydroxylation is 1. The van der Waals surface area contributed by atoms with Crippen LogP contribution in [0.15, 0.2) is 35.4 Å². The van der Waals surface area contributed by atoms with Crippen molar-refractivity contribution in [3.8, 4) is 0 Å². The third-order valence-electron chi connectivity index (χ3n) is 4.10. The molecule has 1 aliphatic heterocycles. The molecule has 1 aliphatic rings. The lowest BCUT2D eigenvalue weighted by Crippen LogP contribution is -2.01. The summed E-state index contributed by atoms with van der Waals surface area (Å²) in [5.74, 6) is 3.75. The van der Waals surface area contributed by atoms with Crippen LogP contribution in [0.2, 0.25) is 0 Å². The Bertz CT molecular complexity index is 557. The Hall–Kier alpha value is -0.890. The van der Waals surface area contributed by atoms with E-state index in [1.807, 2.05) is 0 Å². The minimum Gasteiger partial charge on any atom is -0.349 e. The molecule has 1 aromatic heterocycles. The van der Waals surface area contributed by atoms with Crippen molar-refractivity contribution in [3.05, 3.63) is 30.5 Å². The van der Waals surface area contributed by atoms with Crippen LogP contribution in [0.25, 0.3) is 10.9 Å². The van der Waals surface area contributed by atoms with Gasteiger partial charge in [0.25, 0.3) is 0 Å². The molecule has 1 fully saturated rings. The van der Waals surface area contributed by atoms with Gasteiger partial charge in [-0.1, -0.05) is 25.1 Å². The van der Waals surface area contributed by atoms with E-state index in [0.717, 1.165) is 5.92 Å². The molecule has 0 saturated carbocycles. The van der Waals surface area contributed by atoms with E-state index in [-0.39, 0.29) is 0 Å². The van der Waals surface area contributed by atoms with Crippen molar-refractivity contribution in [1.29, 1.82) is 0 Å². The van der Waals surface area contributed by atoms with Gasteiger partial charge in [0.1, 0.15) is 0 Å². The lowest BCUT2D eigenvalue weighted by molar-refractivity contribution is 0.669. The van der Waals surface area contributed by atoms with E-state index in [9.17, 15) is 0 Å². The van der Waals surface area contributed by atoms with Gasteiger partial charge in [0.05, 0.1) is 0 Å². The second-order valence-electron chi connectivity index (χ2n) is 5.66. The fourth-order valence-corrected chi connectivity index (χ4v) is 7.18. The Kier molecular flexibility index (Phi) is 2.51. The van der Waals surface area contributed by atoms with Crippen molar-refractivity contribution in [2.75, 3.05) is 17.8 Å². The van der Waals surface area contributed by atoms with Crippen LogP contribution in [0.1, 0.15) is 13.3 Å². The summed E-state index contributed by atoms with van der Waals surface area (Å²) >= 11 is 0. The van der Waals surface area contributed by atoms with E-state index in [1.54, 1.807) is 4.90 Å². The summed E-state index contributed by atoms with van der Waals surface area (Å²) in [5.41, 5.74) is 1.38. The Morgan fingerprint density at radius 1 is 1.29 bits per heavy atom. The molecule has 0 N–H and O–H groups in total. The van der Waals surface area contributed by atoms with Gasteiger partial charge in [-0.2, -0.15) is 0 Å². The van der Waals surface area contributed by atoms with Gasteiger partial charge >= 0.3 is 0 Å². The van der Waals surface area contributed by atoms with Crippen LogP contribution in [-0.2, 0) is 7.05 Å². The van der Waals surface area contributed by atoms with Crippen LogP contribution < -0.4 is 0 Å². The fraction of sp³-hybridized carbons (Fsp3) is 0.467. The number of benzene rings is 1. The molecule has 0 spiro atoms. The van der Waals surface area contributed by atoms with E-state index in [1.165, 1.54) is 28.8 Å². The Labute approximate surface area is 105 Å². The summed E-state index contributed by atoms with van der Waals surface area (Å²) < 4.78 is 2.30. The molecule has 2 aromatic rings. The van der Waals surface area contributed by atoms with Crippen molar-refractivity contribution >= 4 is 20.9 Å². The summed E-state index contributed by atoms with van der Waals surface area (Å²) in [6.07, 6.45) is 6.32. The average molecular weight is 247 g/mol. The summed E-state index contributed by atoms with van der Waals surface area (Å²) in [6, 6.07) is 8.85. The molecule has 2 heterocycles. The zero-order chi connectivity index (χ0) is 12.0. The maximum absolute atomic E-state index is 2.53. The predicted molar refractivity (Wildman–Crippen MR) is 78.2 cm³/mol. The quantitative estimate of drug-likeness (QED) is 0.717. The Balaban J connectivity index is 2.18. The van der Waals surface area contributed by atoms with Crippen LogP contribution >= 0.6 is 10.0 Å². The SMILES string of the molecule is CC1CCS(C)(c2cn(C)c3ccccc23)C1. The third kappa shape index (κ3) is 1.70. The Morgan fingerprint density at radius 3 is 2.76 bits per heavy atom.